The van der Waals surface area contributed by atoms with Gasteiger partial charge in [-0.15, -0.1) is 0 Å². The SMILES string of the molecule is CC(C)(C)c1ccc2c(-c3cc4c5cc6c(cc5ccc4c4cc5c(cc34)-c3cccc4cccc-5c34)-c3cccc4cccc-6c34)c(C(C)(C)C)ccc2c1. The first-order valence-electron chi connectivity index (χ1n) is 20.2. The molecular weight excluding hydrogens is 673 g/mol. The zero-order valence-electron chi connectivity index (χ0n) is 32.9. The summed E-state index contributed by atoms with van der Waals surface area (Å²) in [5.41, 5.74) is 16.1. The normalized spacial score (nSPS) is 13.2. The zero-order valence-corrected chi connectivity index (χ0v) is 32.9. The fourth-order valence-corrected chi connectivity index (χ4v) is 10.4. The van der Waals surface area contributed by atoms with Crippen LogP contribution in [0.5, 0.6) is 0 Å². The Labute approximate surface area is 328 Å². The Hall–Kier alpha value is -6.24. The summed E-state index contributed by atoms with van der Waals surface area (Å²) < 4.78 is 0. The van der Waals surface area contributed by atoms with Crippen LogP contribution < -0.4 is 0 Å². The summed E-state index contributed by atoms with van der Waals surface area (Å²) in [5, 5.41) is 15.8. The van der Waals surface area contributed by atoms with E-state index in [4.69, 9.17) is 0 Å². The fraction of sp³-hybridized carbons (Fsp3) is 0.143. The highest BCUT2D eigenvalue weighted by Crippen LogP contribution is 2.54. The topological polar surface area (TPSA) is 0 Å². The minimum atomic E-state index is -0.0733. The Bertz CT molecular complexity index is 3400. The molecule has 56 heavy (non-hydrogen) atoms. The van der Waals surface area contributed by atoms with Crippen molar-refractivity contribution in [3.8, 4) is 55.6 Å². The molecule has 0 nitrogen and oxygen atoms in total. The molecule has 266 valence electrons. The van der Waals surface area contributed by atoms with Gasteiger partial charge in [0.05, 0.1) is 0 Å². The molecule has 0 fully saturated rings. The maximum Gasteiger partial charge on any atom is -0.00264 e. The molecule has 0 radical (unpaired) electrons. The van der Waals surface area contributed by atoms with E-state index in [0.717, 1.165) is 0 Å². The van der Waals surface area contributed by atoms with Crippen LogP contribution in [0.1, 0.15) is 52.7 Å². The molecule has 0 saturated heterocycles. The molecular formula is C56H42. The maximum atomic E-state index is 2.56. The first-order chi connectivity index (χ1) is 27.0. The molecule has 0 amide bonds. The highest BCUT2D eigenvalue weighted by molar-refractivity contribution is 6.28. The van der Waals surface area contributed by atoms with Gasteiger partial charge in [-0.3, -0.25) is 0 Å². The number of fused-ring (bicyclic) bond motifs is 12. The lowest BCUT2D eigenvalue weighted by atomic mass is 9.77. The molecule has 0 bridgehead atoms. The Morgan fingerprint density at radius 2 is 0.750 bits per heavy atom. The van der Waals surface area contributed by atoms with E-state index in [9.17, 15) is 0 Å². The molecule has 0 aromatic heterocycles. The van der Waals surface area contributed by atoms with Crippen molar-refractivity contribution in [1.82, 2.24) is 0 Å². The van der Waals surface area contributed by atoms with Gasteiger partial charge in [0.1, 0.15) is 0 Å². The molecule has 10 aromatic carbocycles. The predicted molar refractivity (Wildman–Crippen MR) is 243 cm³/mol. The van der Waals surface area contributed by atoms with Crippen LogP contribution >= 0.6 is 0 Å². The monoisotopic (exact) mass is 714 g/mol. The summed E-state index contributed by atoms with van der Waals surface area (Å²) in [6.07, 6.45) is 0. The van der Waals surface area contributed by atoms with E-state index in [0.29, 0.717) is 0 Å². The molecule has 10 aromatic rings. The Morgan fingerprint density at radius 1 is 0.286 bits per heavy atom. The number of hydrogen-bond acceptors (Lipinski definition) is 0. The second kappa shape index (κ2) is 10.7. The van der Waals surface area contributed by atoms with Gasteiger partial charge in [-0.05, 0) is 173 Å². The fourth-order valence-electron chi connectivity index (χ4n) is 10.4. The van der Waals surface area contributed by atoms with Gasteiger partial charge in [0.25, 0.3) is 0 Å². The molecule has 0 heterocycles. The number of rotatable bonds is 1. The van der Waals surface area contributed by atoms with Crippen LogP contribution in [-0.4, -0.2) is 0 Å². The highest BCUT2D eigenvalue weighted by Gasteiger charge is 2.28. The lowest BCUT2D eigenvalue weighted by molar-refractivity contribution is 0.590. The Balaban J connectivity index is 1.25. The third-order valence-electron chi connectivity index (χ3n) is 13.2. The largest absolute Gasteiger partial charge is 0.0610 e. The molecule has 0 atom stereocenters. The lowest BCUT2D eigenvalue weighted by Crippen LogP contribution is -2.14. The van der Waals surface area contributed by atoms with Gasteiger partial charge in [0, 0.05) is 0 Å². The van der Waals surface area contributed by atoms with Gasteiger partial charge in [-0.25, -0.2) is 0 Å². The van der Waals surface area contributed by atoms with Crippen LogP contribution in [0.15, 0.2) is 146 Å². The number of benzene rings is 10. The van der Waals surface area contributed by atoms with Crippen molar-refractivity contribution in [1.29, 1.82) is 0 Å². The van der Waals surface area contributed by atoms with E-state index >= 15 is 0 Å². The van der Waals surface area contributed by atoms with Crippen LogP contribution in [0.3, 0.4) is 0 Å². The minimum Gasteiger partial charge on any atom is -0.0610 e. The summed E-state index contributed by atoms with van der Waals surface area (Å²) in [5.74, 6) is 0. The summed E-state index contributed by atoms with van der Waals surface area (Å²) in [4.78, 5) is 0. The first-order valence-corrected chi connectivity index (χ1v) is 20.2. The van der Waals surface area contributed by atoms with E-state index in [1.165, 1.54) is 131 Å². The second-order valence-electron chi connectivity index (χ2n) is 18.5. The summed E-state index contributed by atoms with van der Waals surface area (Å²) in [6.45, 7) is 14.1. The molecule has 0 saturated carbocycles. The molecule has 0 N–H and O–H groups in total. The van der Waals surface area contributed by atoms with E-state index in [1.54, 1.807) is 0 Å². The van der Waals surface area contributed by atoms with Crippen molar-refractivity contribution in [2.24, 2.45) is 0 Å². The third kappa shape index (κ3) is 4.25. The quantitative estimate of drug-likeness (QED) is 0.149. The Kier molecular flexibility index (Phi) is 6.15. The van der Waals surface area contributed by atoms with Crippen LogP contribution in [-0.2, 0) is 10.8 Å². The average molecular weight is 715 g/mol. The van der Waals surface area contributed by atoms with Crippen LogP contribution in [0.4, 0.5) is 0 Å². The predicted octanol–water partition coefficient (Wildman–Crippen LogP) is 16.2. The standard InChI is InChI=1S/C56H42/c1-55(2,3)35-21-23-36-33(25-35)20-24-51(56(4,5)6)54(36)50-30-44-37(45-28-47-40-17-9-13-32-14-10-18-41(53(32)40)48(47)29-49(45)50)22-19-34-26-43-38-15-7-11-31-12-8-16-39(52(31)38)46(43)27-42(34)44/h7-30H,1-6H3. The molecule has 0 spiro atoms. The van der Waals surface area contributed by atoms with Gasteiger partial charge >= 0.3 is 0 Å². The smallest absolute Gasteiger partial charge is 0.00264 e. The summed E-state index contributed by atoms with van der Waals surface area (Å²) >= 11 is 0. The van der Waals surface area contributed by atoms with E-state index in [2.05, 4.69) is 187 Å². The van der Waals surface area contributed by atoms with Crippen molar-refractivity contribution in [3.05, 3.63) is 157 Å². The van der Waals surface area contributed by atoms with Crippen molar-refractivity contribution < 1.29 is 0 Å². The molecule has 2 aliphatic carbocycles. The molecule has 0 aliphatic heterocycles. The minimum absolute atomic E-state index is 0.0619. The van der Waals surface area contributed by atoms with E-state index < -0.39 is 0 Å². The van der Waals surface area contributed by atoms with Gasteiger partial charge in [0.2, 0.25) is 0 Å². The van der Waals surface area contributed by atoms with Crippen molar-refractivity contribution in [3.63, 3.8) is 0 Å². The third-order valence-corrected chi connectivity index (χ3v) is 13.2. The van der Waals surface area contributed by atoms with Gasteiger partial charge in [-0.1, -0.05) is 157 Å². The maximum absolute atomic E-state index is 2.56. The molecule has 0 unspecified atom stereocenters. The molecule has 12 rings (SSSR count). The van der Waals surface area contributed by atoms with E-state index in [-0.39, 0.29) is 10.8 Å². The summed E-state index contributed by atoms with van der Waals surface area (Å²) in [6, 6.07) is 56.5. The van der Waals surface area contributed by atoms with Crippen molar-refractivity contribution in [2.45, 2.75) is 52.4 Å². The highest BCUT2D eigenvalue weighted by atomic mass is 14.3. The van der Waals surface area contributed by atoms with Crippen molar-refractivity contribution >= 4 is 64.6 Å². The molecule has 0 heteroatoms. The van der Waals surface area contributed by atoms with Crippen LogP contribution in [0, 0.1) is 0 Å². The van der Waals surface area contributed by atoms with Crippen LogP contribution in [0.2, 0.25) is 0 Å². The Morgan fingerprint density at radius 3 is 1.32 bits per heavy atom. The van der Waals surface area contributed by atoms with Gasteiger partial charge < -0.3 is 0 Å². The van der Waals surface area contributed by atoms with Gasteiger partial charge in [-0.2, -0.15) is 0 Å². The van der Waals surface area contributed by atoms with Crippen LogP contribution in [0.25, 0.3) is 120 Å². The van der Waals surface area contributed by atoms with Crippen molar-refractivity contribution in [2.75, 3.05) is 0 Å². The van der Waals surface area contributed by atoms with Gasteiger partial charge in [0.15, 0.2) is 0 Å². The zero-order chi connectivity index (χ0) is 37.8. The van der Waals surface area contributed by atoms with E-state index in [1.807, 2.05) is 0 Å². The summed E-state index contributed by atoms with van der Waals surface area (Å²) in [7, 11) is 0. The molecule has 2 aliphatic rings. The average Bonchev–Trinajstić information content (AvgIpc) is 3.68. The second-order valence-corrected chi connectivity index (χ2v) is 18.5. The lowest BCUT2D eigenvalue weighted by Gasteiger charge is -2.27. The number of hydrogen-bond donors (Lipinski definition) is 0. The first kappa shape index (κ1) is 32.0.